The molecule has 0 bridgehead atoms. The van der Waals surface area contributed by atoms with Crippen molar-refractivity contribution in [1.29, 1.82) is 0 Å². The molecular weight excluding hydrogens is 285 g/mol. The van der Waals surface area contributed by atoms with Crippen molar-refractivity contribution in [2.45, 2.75) is 6.54 Å². The van der Waals surface area contributed by atoms with Gasteiger partial charge in [-0.25, -0.2) is 10.8 Å². The van der Waals surface area contributed by atoms with E-state index in [9.17, 15) is 0 Å². The number of hydrogen-bond acceptors (Lipinski definition) is 5. The molecule has 2 rings (SSSR count). The third-order valence-corrected chi connectivity index (χ3v) is 3.12. The van der Waals surface area contributed by atoms with Crippen molar-refractivity contribution in [2.75, 3.05) is 17.4 Å². The van der Waals surface area contributed by atoms with E-state index in [0.717, 1.165) is 5.56 Å². The molecule has 0 aliphatic rings. The van der Waals surface area contributed by atoms with Gasteiger partial charge in [0.15, 0.2) is 5.82 Å². The number of nitrogens with zero attached hydrogens (tertiary/aromatic N) is 3. The van der Waals surface area contributed by atoms with Crippen molar-refractivity contribution in [3.8, 4) is 0 Å². The van der Waals surface area contributed by atoms with E-state index >= 15 is 0 Å². The van der Waals surface area contributed by atoms with Crippen LogP contribution in [0.5, 0.6) is 0 Å². The van der Waals surface area contributed by atoms with Crippen LogP contribution in [0.4, 0.5) is 11.6 Å². The molecule has 0 aromatic carbocycles. The highest BCUT2D eigenvalue weighted by Gasteiger charge is 2.12. The maximum absolute atomic E-state index is 6.15. The normalized spacial score (nSPS) is 10.3. The van der Waals surface area contributed by atoms with Crippen LogP contribution in [0.3, 0.4) is 0 Å². The lowest BCUT2D eigenvalue weighted by Gasteiger charge is -2.20. The van der Waals surface area contributed by atoms with E-state index < -0.39 is 0 Å². The largest absolute Gasteiger partial charge is 0.354 e. The first-order chi connectivity index (χ1) is 9.11. The lowest BCUT2D eigenvalue weighted by atomic mass is 10.2. The van der Waals surface area contributed by atoms with Crippen molar-refractivity contribution in [3.05, 3.63) is 46.2 Å². The molecule has 0 unspecified atom stereocenters. The molecule has 2 aromatic rings. The number of aromatic nitrogens is 2. The van der Waals surface area contributed by atoms with Crippen molar-refractivity contribution >= 4 is 34.8 Å². The van der Waals surface area contributed by atoms with E-state index in [4.69, 9.17) is 29.0 Å². The van der Waals surface area contributed by atoms with Gasteiger partial charge >= 0.3 is 0 Å². The minimum absolute atomic E-state index is 0.381. The van der Waals surface area contributed by atoms with Gasteiger partial charge in [-0.15, -0.1) is 0 Å². The Kier molecular flexibility index (Phi) is 4.42. The van der Waals surface area contributed by atoms with Crippen molar-refractivity contribution in [1.82, 2.24) is 9.97 Å². The van der Waals surface area contributed by atoms with Crippen LogP contribution in [-0.2, 0) is 6.54 Å². The number of nitrogens with one attached hydrogen (secondary N) is 1. The molecule has 2 heterocycles. The zero-order chi connectivity index (χ0) is 13.8. The van der Waals surface area contributed by atoms with E-state index in [2.05, 4.69) is 15.4 Å². The molecule has 5 nitrogen and oxygen atoms in total. The number of hydrazine groups is 1. The average molecular weight is 298 g/mol. The number of halogens is 2. The standard InChI is InChI=1S/C12H13Cl2N5/c1-19(7-8-3-2-4-16-6-8)12-10(14)5-9(13)11(17-12)18-15/h2-6H,7,15H2,1H3,(H,17,18). The number of rotatable bonds is 4. The molecule has 100 valence electrons. The van der Waals surface area contributed by atoms with E-state index in [1.165, 1.54) is 0 Å². The molecule has 0 aliphatic carbocycles. The summed E-state index contributed by atoms with van der Waals surface area (Å²) in [6.07, 6.45) is 3.52. The van der Waals surface area contributed by atoms with E-state index in [-0.39, 0.29) is 0 Å². The van der Waals surface area contributed by atoms with Gasteiger partial charge in [0.2, 0.25) is 0 Å². The second-order valence-electron chi connectivity index (χ2n) is 3.99. The predicted molar refractivity (Wildman–Crippen MR) is 78.4 cm³/mol. The van der Waals surface area contributed by atoms with Gasteiger partial charge in [0, 0.05) is 26.0 Å². The monoisotopic (exact) mass is 297 g/mol. The fourth-order valence-corrected chi connectivity index (χ4v) is 2.22. The van der Waals surface area contributed by atoms with Gasteiger partial charge < -0.3 is 10.3 Å². The number of pyridine rings is 2. The molecule has 0 saturated heterocycles. The summed E-state index contributed by atoms with van der Waals surface area (Å²) in [5.74, 6) is 6.34. The van der Waals surface area contributed by atoms with Crippen molar-refractivity contribution < 1.29 is 0 Å². The Labute approximate surface area is 121 Å². The van der Waals surface area contributed by atoms with E-state index in [0.29, 0.717) is 28.2 Å². The highest BCUT2D eigenvalue weighted by atomic mass is 35.5. The molecule has 0 atom stereocenters. The van der Waals surface area contributed by atoms with Gasteiger partial charge in [-0.3, -0.25) is 4.98 Å². The van der Waals surface area contributed by atoms with Crippen LogP contribution < -0.4 is 16.2 Å². The topological polar surface area (TPSA) is 67.1 Å². The van der Waals surface area contributed by atoms with Gasteiger partial charge in [-0.05, 0) is 17.7 Å². The molecule has 3 N–H and O–H groups in total. The number of hydrogen-bond donors (Lipinski definition) is 2. The second-order valence-corrected chi connectivity index (χ2v) is 4.80. The zero-order valence-electron chi connectivity index (χ0n) is 10.3. The Bertz CT molecular complexity index is 562. The first-order valence-corrected chi connectivity index (χ1v) is 6.30. The summed E-state index contributed by atoms with van der Waals surface area (Å²) < 4.78 is 0. The molecule has 0 aliphatic heterocycles. The lowest BCUT2D eigenvalue weighted by molar-refractivity contribution is 0.892. The van der Waals surface area contributed by atoms with Crippen LogP contribution in [-0.4, -0.2) is 17.0 Å². The summed E-state index contributed by atoms with van der Waals surface area (Å²) in [6.45, 7) is 0.631. The summed E-state index contributed by atoms with van der Waals surface area (Å²) in [5, 5.41) is 0.849. The summed E-state index contributed by atoms with van der Waals surface area (Å²) in [6, 6.07) is 5.47. The lowest BCUT2D eigenvalue weighted by Crippen LogP contribution is -2.19. The summed E-state index contributed by atoms with van der Waals surface area (Å²) in [5.41, 5.74) is 3.50. The van der Waals surface area contributed by atoms with Gasteiger partial charge in [0.05, 0.1) is 10.0 Å². The fraction of sp³-hybridized carbons (Fsp3) is 0.167. The maximum atomic E-state index is 6.15. The van der Waals surface area contributed by atoms with Gasteiger partial charge in [0.25, 0.3) is 0 Å². The van der Waals surface area contributed by atoms with Crippen LogP contribution in [0, 0.1) is 0 Å². The quantitative estimate of drug-likeness (QED) is 0.671. The third kappa shape index (κ3) is 3.26. The van der Waals surface area contributed by atoms with Gasteiger partial charge in [0.1, 0.15) is 5.82 Å². The molecule has 0 saturated carbocycles. The maximum Gasteiger partial charge on any atom is 0.161 e. The number of anilines is 2. The molecule has 0 amide bonds. The third-order valence-electron chi connectivity index (χ3n) is 2.55. The smallest absolute Gasteiger partial charge is 0.161 e. The molecule has 2 aromatic heterocycles. The van der Waals surface area contributed by atoms with Crippen molar-refractivity contribution in [3.63, 3.8) is 0 Å². The minimum atomic E-state index is 0.381. The minimum Gasteiger partial charge on any atom is -0.354 e. The Morgan fingerprint density at radius 1 is 1.37 bits per heavy atom. The molecule has 19 heavy (non-hydrogen) atoms. The van der Waals surface area contributed by atoms with Crippen LogP contribution >= 0.6 is 23.2 Å². The summed E-state index contributed by atoms with van der Waals surface area (Å²) in [7, 11) is 1.88. The van der Waals surface area contributed by atoms with Crippen LogP contribution in [0.25, 0.3) is 0 Å². The molecule has 7 heteroatoms. The first-order valence-electron chi connectivity index (χ1n) is 5.54. The Morgan fingerprint density at radius 3 is 2.79 bits per heavy atom. The van der Waals surface area contributed by atoms with Gasteiger partial charge in [-0.2, -0.15) is 0 Å². The molecular formula is C12H13Cl2N5. The Balaban J connectivity index is 2.26. The summed E-state index contributed by atoms with van der Waals surface area (Å²) >= 11 is 12.1. The second kappa shape index (κ2) is 6.06. The zero-order valence-corrected chi connectivity index (χ0v) is 11.8. The SMILES string of the molecule is CN(Cc1cccnc1)c1nc(NN)c(Cl)cc1Cl. The summed E-state index contributed by atoms with van der Waals surface area (Å²) in [4.78, 5) is 10.3. The van der Waals surface area contributed by atoms with Crippen LogP contribution in [0.2, 0.25) is 10.0 Å². The van der Waals surface area contributed by atoms with Crippen LogP contribution in [0.15, 0.2) is 30.6 Å². The highest BCUT2D eigenvalue weighted by molar-refractivity contribution is 6.37. The predicted octanol–water partition coefficient (Wildman–Crippen LogP) is 2.71. The van der Waals surface area contributed by atoms with Gasteiger partial charge in [-0.1, -0.05) is 29.3 Å². The Morgan fingerprint density at radius 2 is 2.16 bits per heavy atom. The van der Waals surface area contributed by atoms with E-state index in [1.54, 1.807) is 18.5 Å². The van der Waals surface area contributed by atoms with Crippen LogP contribution in [0.1, 0.15) is 5.56 Å². The number of nitrogens with two attached hydrogens (primary N) is 1. The van der Waals surface area contributed by atoms with E-state index in [1.807, 2.05) is 24.1 Å². The molecule has 0 spiro atoms. The average Bonchev–Trinajstić information content (AvgIpc) is 2.40. The Hall–Kier alpha value is -1.56. The number of nitrogen functional groups attached to an aromatic ring is 1. The van der Waals surface area contributed by atoms with Crippen molar-refractivity contribution in [2.24, 2.45) is 5.84 Å². The first kappa shape index (κ1) is 13.9. The fourth-order valence-electron chi connectivity index (χ4n) is 1.67. The molecule has 0 fully saturated rings. The highest BCUT2D eigenvalue weighted by Crippen LogP contribution is 2.31. The molecule has 0 radical (unpaired) electrons.